The number of nitrogens with two attached hydrogens (primary N) is 2. The van der Waals surface area contributed by atoms with Crippen molar-refractivity contribution in [3.8, 4) is 0 Å². The Kier molecular flexibility index (Phi) is 26.7. The fraction of sp³-hybridized carbons (Fsp3) is 0.125. The third kappa shape index (κ3) is 19.5. The molecule has 2 aromatic carbocycles. The summed E-state index contributed by atoms with van der Waals surface area (Å²) in [4.78, 5) is 27.1. The van der Waals surface area contributed by atoms with E-state index in [1.807, 2.05) is 0 Å². The van der Waals surface area contributed by atoms with Crippen molar-refractivity contribution in [2.45, 2.75) is 9.79 Å². The van der Waals surface area contributed by atoms with E-state index in [0.717, 1.165) is 6.07 Å². The van der Waals surface area contributed by atoms with E-state index in [2.05, 4.69) is 69.6 Å². The van der Waals surface area contributed by atoms with Crippen LogP contribution in [0.25, 0.3) is 12.2 Å². The van der Waals surface area contributed by atoms with Gasteiger partial charge in [0.1, 0.15) is 10.1 Å². The van der Waals surface area contributed by atoms with Crippen molar-refractivity contribution in [3.05, 3.63) is 47.5 Å². The van der Waals surface area contributed by atoms with Gasteiger partial charge in [0.15, 0.2) is 0 Å². The third-order valence-corrected chi connectivity index (χ3v) is 8.45. The number of hydrogen-bond acceptors (Lipinski definition) is 26. The van der Waals surface area contributed by atoms with E-state index >= 15 is 0 Å². The molecular formula is C24H22N12Na4O12S4. The largest absolute Gasteiger partial charge is 1.00 e. The van der Waals surface area contributed by atoms with E-state index in [9.17, 15) is 36.5 Å². The second kappa shape index (κ2) is 27.1. The maximum Gasteiger partial charge on any atom is 1.00 e. The molecule has 0 aliphatic rings. The van der Waals surface area contributed by atoms with E-state index in [0.29, 0.717) is 35.3 Å². The fourth-order valence-corrected chi connectivity index (χ4v) is 5.57. The molecule has 0 aliphatic carbocycles. The number of benzene rings is 2. The summed E-state index contributed by atoms with van der Waals surface area (Å²) < 4.78 is 77.9. The van der Waals surface area contributed by atoms with Crippen LogP contribution >= 0.6 is 24.1 Å². The van der Waals surface area contributed by atoms with Gasteiger partial charge < -0.3 is 47.0 Å². The molecule has 0 spiro atoms. The number of rotatable bonds is 19. The van der Waals surface area contributed by atoms with Gasteiger partial charge in [0, 0.05) is 41.1 Å². The van der Waals surface area contributed by atoms with Crippen molar-refractivity contribution in [1.29, 1.82) is 0 Å². The van der Waals surface area contributed by atoms with Gasteiger partial charge in [-0.25, -0.2) is 21.8 Å². The number of nitrogens with one attached hydrogen (secondary N) is 3. The van der Waals surface area contributed by atoms with Crippen LogP contribution in [0.15, 0.2) is 51.2 Å². The zero-order valence-corrected chi connectivity index (χ0v) is 40.9. The van der Waals surface area contributed by atoms with Gasteiger partial charge >= 0.3 is 118 Å². The van der Waals surface area contributed by atoms with E-state index < -0.39 is 30.9 Å². The van der Waals surface area contributed by atoms with Crippen molar-refractivity contribution in [2.75, 3.05) is 45.5 Å². The summed E-state index contributed by atoms with van der Waals surface area (Å²) in [5.41, 5.74) is 12.2. The first-order valence-electron chi connectivity index (χ1n) is 13.6. The quantitative estimate of drug-likeness (QED) is 0.00853. The molecule has 0 bridgehead atoms. The van der Waals surface area contributed by atoms with Gasteiger partial charge in [-0.1, -0.05) is 24.3 Å². The molecule has 0 fully saturated rings. The molecule has 2 heterocycles. The van der Waals surface area contributed by atoms with Crippen molar-refractivity contribution >= 4 is 110 Å². The second-order valence-electron chi connectivity index (χ2n) is 9.34. The molecule has 0 amide bonds. The molecule has 0 radical (unpaired) electrons. The number of hydrogen-bond donors (Lipinski definition) is 5. The van der Waals surface area contributed by atoms with Gasteiger partial charge in [-0.2, -0.15) is 38.6 Å². The van der Waals surface area contributed by atoms with Crippen molar-refractivity contribution in [3.63, 3.8) is 0 Å². The summed E-state index contributed by atoms with van der Waals surface area (Å²) in [6, 6.07) is 8.31. The van der Waals surface area contributed by atoms with Crippen LogP contribution in [0, 0.1) is 0 Å². The number of aliphatic imine (C=N–C) groups is 1. The topological polar surface area (TPSA) is 375 Å². The molecule has 24 nitrogen and oxygen atoms in total. The zero-order valence-electron chi connectivity index (χ0n) is 29.6. The van der Waals surface area contributed by atoms with Crippen LogP contribution in [0.4, 0.5) is 47.1 Å². The van der Waals surface area contributed by atoms with Crippen LogP contribution in [0.5, 0.6) is 0 Å². The van der Waals surface area contributed by atoms with E-state index in [1.54, 1.807) is 0 Å². The van der Waals surface area contributed by atoms with Crippen molar-refractivity contribution < 1.29 is 173 Å². The van der Waals surface area contributed by atoms with Crippen LogP contribution in [0.2, 0.25) is 0 Å². The average molecular weight is 891 g/mol. The summed E-state index contributed by atoms with van der Waals surface area (Å²) in [7, 11) is -9.53. The summed E-state index contributed by atoms with van der Waals surface area (Å²) in [5, 5.41) is 35.2. The summed E-state index contributed by atoms with van der Waals surface area (Å²) in [6.45, 7) is -0.290. The summed E-state index contributed by atoms with van der Waals surface area (Å²) in [5.74, 6) is -1.59. The van der Waals surface area contributed by atoms with Crippen LogP contribution in [0.1, 0.15) is 11.1 Å². The fourth-order valence-electron chi connectivity index (χ4n) is 3.78. The predicted octanol–water partition coefficient (Wildman–Crippen LogP) is -12.4. The molecular weight excluding hydrogens is 869 g/mol. The smallest absolute Gasteiger partial charge is 0.748 e. The van der Waals surface area contributed by atoms with Crippen molar-refractivity contribution in [2.24, 2.45) is 4.99 Å². The summed E-state index contributed by atoms with van der Waals surface area (Å²) >= 11 is 1.14. The molecule has 0 aliphatic heterocycles. The maximum atomic E-state index is 12.3. The van der Waals surface area contributed by atoms with Gasteiger partial charge in [0.05, 0.1) is 38.6 Å². The second-order valence-corrected chi connectivity index (χ2v) is 13.7. The molecule has 0 saturated carbocycles. The first-order chi connectivity index (χ1) is 24.7. The van der Waals surface area contributed by atoms with Crippen LogP contribution in [-0.4, -0.2) is 80.1 Å². The van der Waals surface area contributed by atoms with Crippen LogP contribution in [0.3, 0.4) is 0 Å². The Labute approximate surface area is 415 Å². The van der Waals surface area contributed by atoms with Crippen molar-refractivity contribution in [1.82, 2.24) is 29.9 Å². The molecule has 0 atom stereocenters. The van der Waals surface area contributed by atoms with Crippen LogP contribution < -0.4 is 156 Å². The maximum absolute atomic E-state index is 12.3. The Morgan fingerprint density at radius 2 is 1.32 bits per heavy atom. The van der Waals surface area contributed by atoms with E-state index in [1.165, 1.54) is 48.7 Å². The van der Waals surface area contributed by atoms with Gasteiger partial charge in [-0.05, 0) is 35.4 Å². The Morgan fingerprint density at radius 1 is 0.750 bits per heavy atom. The minimum absolute atomic E-state index is 0. The Morgan fingerprint density at radius 3 is 1.95 bits per heavy atom. The number of aromatic nitrogens is 6. The first kappa shape index (κ1) is 55.2. The van der Waals surface area contributed by atoms with Gasteiger partial charge in [0.25, 0.3) is 5.95 Å². The normalized spacial score (nSPS) is 11.2. The molecule has 0 unspecified atom stereocenters. The van der Waals surface area contributed by atoms with E-state index in [-0.39, 0.29) is 182 Å². The molecule has 4 rings (SSSR count). The molecule has 0 saturated heterocycles. The number of anilines is 7. The van der Waals surface area contributed by atoms with Gasteiger partial charge in [0.2, 0.25) is 29.7 Å². The third-order valence-electron chi connectivity index (χ3n) is 5.76. The molecule has 2 aromatic heterocycles. The van der Waals surface area contributed by atoms with E-state index in [4.69, 9.17) is 11.5 Å². The Balaban J connectivity index is 0.00000756. The van der Waals surface area contributed by atoms with Gasteiger partial charge in [-0.15, -0.1) is 0 Å². The molecule has 7 N–H and O–H groups in total. The van der Waals surface area contributed by atoms with Crippen LogP contribution in [-0.2, 0) is 39.0 Å². The molecule has 56 heavy (non-hydrogen) atoms. The Hall–Kier alpha value is -0.850. The molecule has 4 aromatic rings. The molecule has 32 heteroatoms. The monoisotopic (exact) mass is 890 g/mol. The number of nitrogens with zero attached hydrogens (tertiary/aromatic N) is 7. The minimum Gasteiger partial charge on any atom is -0.748 e. The first-order valence-corrected chi connectivity index (χ1v) is 18.3. The predicted molar refractivity (Wildman–Crippen MR) is 179 cm³/mol. The van der Waals surface area contributed by atoms with Gasteiger partial charge in [-0.3, -0.25) is 10.1 Å². The summed E-state index contributed by atoms with van der Waals surface area (Å²) in [6.07, 6.45) is 4.03. The zero-order chi connectivity index (χ0) is 37.7. The molecule has 278 valence electrons. The minimum atomic E-state index is -5.04. The average Bonchev–Trinajstić information content (AvgIpc) is 3.05. The Bertz CT molecular complexity index is 2170. The SMILES string of the molecule is Nc1nc(/N=C\CSOO[O-])nc(Nc2ccc(C=Cc3ccc(Nc4nc(N)nc(NCCS(=O)(=O)[O-])n4)cc3SOO[O-])c(S(=O)(=O)[O-])c2)n1.[Na+].[Na+].[Na+].[Na+]. The standard InChI is InChI=1S/C24H26N12O12S4.4Na/c25-19-31-21(27-7-9-49-47-45-37)35-24(34-19)30-16-6-4-14(18(12-16)52(42,43)44)2-1-13-3-5-15(11-17(13)50-48-46-38)29-23-33-20(26)32-22(36-23)28-8-10-51(39,40)41;;;;/h1-7,11-12,37-38H,8-10H2,(H,39,40,41)(H,42,43,44)(H3,25,30,31,34,35)(H4,26,28,29,32,33,36);;;;/q;4*+1/p-4/b2-1?,27-7-;;;;. The number of nitrogen functional groups attached to an aromatic ring is 2.